The van der Waals surface area contributed by atoms with E-state index in [1.54, 1.807) is 0 Å². The monoisotopic (exact) mass is 509 g/mol. The molecule has 1 saturated heterocycles. The SMILES string of the molecule is Cc1cc([C@@H]2[C@H](c3ccccn3)NC(=S)N2c2ccc(OC3CCCC3)cc2)c(C)n1-c1ccccn1. The van der Waals surface area contributed by atoms with E-state index in [0.717, 1.165) is 47.2 Å². The Morgan fingerprint density at radius 3 is 2.32 bits per heavy atom. The van der Waals surface area contributed by atoms with Crippen LogP contribution in [0, 0.1) is 13.8 Å². The molecule has 1 aliphatic heterocycles. The van der Waals surface area contributed by atoms with Gasteiger partial charge in [0.2, 0.25) is 0 Å². The molecular weight excluding hydrogens is 478 g/mol. The molecule has 0 spiro atoms. The molecule has 3 aromatic heterocycles. The summed E-state index contributed by atoms with van der Waals surface area (Å²) >= 11 is 5.94. The number of nitrogens with one attached hydrogen (secondary N) is 1. The Morgan fingerprint density at radius 1 is 0.919 bits per heavy atom. The van der Waals surface area contributed by atoms with Crippen LogP contribution in [-0.2, 0) is 0 Å². The number of hydrogen-bond acceptors (Lipinski definition) is 4. The maximum atomic E-state index is 6.22. The molecule has 4 aromatic rings. The van der Waals surface area contributed by atoms with Gasteiger partial charge in [-0.2, -0.15) is 0 Å². The van der Waals surface area contributed by atoms with Crippen molar-refractivity contribution in [2.75, 3.05) is 4.90 Å². The fraction of sp³-hybridized carbons (Fsp3) is 0.300. The fourth-order valence-electron chi connectivity index (χ4n) is 5.76. The average Bonchev–Trinajstić information content (AvgIpc) is 3.63. The third-order valence-electron chi connectivity index (χ3n) is 7.49. The predicted molar refractivity (Wildman–Crippen MR) is 150 cm³/mol. The van der Waals surface area contributed by atoms with Gasteiger partial charge in [0, 0.05) is 29.5 Å². The first-order valence-corrected chi connectivity index (χ1v) is 13.4. The van der Waals surface area contributed by atoms with E-state index in [2.05, 4.69) is 70.0 Å². The van der Waals surface area contributed by atoms with Gasteiger partial charge in [-0.25, -0.2) is 4.98 Å². The quantitative estimate of drug-likeness (QED) is 0.304. The van der Waals surface area contributed by atoms with Crippen molar-refractivity contribution in [2.24, 2.45) is 0 Å². The number of aromatic nitrogens is 3. The zero-order valence-electron chi connectivity index (χ0n) is 21.2. The van der Waals surface area contributed by atoms with Gasteiger partial charge in [0.15, 0.2) is 5.11 Å². The molecule has 0 amide bonds. The highest BCUT2D eigenvalue weighted by atomic mass is 32.1. The van der Waals surface area contributed by atoms with Gasteiger partial charge >= 0.3 is 0 Å². The molecule has 1 aromatic carbocycles. The van der Waals surface area contributed by atoms with Crippen molar-refractivity contribution in [3.05, 3.63) is 102 Å². The van der Waals surface area contributed by atoms with Gasteiger partial charge in [-0.15, -0.1) is 0 Å². The van der Waals surface area contributed by atoms with Crippen molar-refractivity contribution in [1.29, 1.82) is 0 Å². The number of ether oxygens (including phenoxy) is 1. The Kier molecular flexibility index (Phi) is 6.38. The van der Waals surface area contributed by atoms with Crippen LogP contribution < -0.4 is 15.0 Å². The van der Waals surface area contributed by atoms with Crippen LogP contribution in [0.2, 0.25) is 0 Å². The summed E-state index contributed by atoms with van der Waals surface area (Å²) in [4.78, 5) is 11.5. The Morgan fingerprint density at radius 2 is 1.65 bits per heavy atom. The molecule has 2 fully saturated rings. The van der Waals surface area contributed by atoms with Crippen LogP contribution in [0.4, 0.5) is 5.69 Å². The molecule has 6 rings (SSSR count). The summed E-state index contributed by atoms with van der Waals surface area (Å²) in [5.74, 6) is 1.83. The van der Waals surface area contributed by atoms with Crippen LogP contribution in [0.15, 0.2) is 79.1 Å². The summed E-state index contributed by atoms with van der Waals surface area (Å²) in [6, 6.07) is 22.5. The minimum Gasteiger partial charge on any atom is -0.490 e. The van der Waals surface area contributed by atoms with Crippen LogP contribution in [0.3, 0.4) is 0 Å². The van der Waals surface area contributed by atoms with Crippen molar-refractivity contribution in [2.45, 2.75) is 57.7 Å². The lowest BCUT2D eigenvalue weighted by Crippen LogP contribution is -2.29. The first-order valence-electron chi connectivity index (χ1n) is 13.0. The maximum absolute atomic E-state index is 6.22. The summed E-state index contributed by atoms with van der Waals surface area (Å²) in [5, 5.41) is 4.26. The Bertz CT molecular complexity index is 1380. The van der Waals surface area contributed by atoms with E-state index in [4.69, 9.17) is 21.9 Å². The van der Waals surface area contributed by atoms with E-state index < -0.39 is 0 Å². The second-order valence-electron chi connectivity index (χ2n) is 9.86. The van der Waals surface area contributed by atoms with Crippen molar-refractivity contribution in [3.63, 3.8) is 0 Å². The molecular formula is C30H31N5OS. The molecule has 1 aliphatic carbocycles. The Balaban J connectivity index is 1.41. The van der Waals surface area contributed by atoms with Gasteiger partial charge in [0.05, 0.1) is 23.9 Å². The number of anilines is 1. The zero-order valence-corrected chi connectivity index (χ0v) is 22.0. The summed E-state index contributed by atoms with van der Waals surface area (Å²) in [6.45, 7) is 4.28. The fourth-order valence-corrected chi connectivity index (χ4v) is 6.10. The average molecular weight is 510 g/mol. The van der Waals surface area contributed by atoms with Crippen LogP contribution in [0.1, 0.15) is 60.4 Å². The highest BCUT2D eigenvalue weighted by Gasteiger charge is 2.42. The van der Waals surface area contributed by atoms with E-state index in [0.29, 0.717) is 11.2 Å². The number of aryl methyl sites for hydroxylation is 1. The summed E-state index contributed by atoms with van der Waals surface area (Å²) in [6.07, 6.45) is 8.79. The number of pyridine rings is 2. The van der Waals surface area contributed by atoms with Gasteiger partial charge in [-0.05, 0) is 112 Å². The van der Waals surface area contributed by atoms with E-state index >= 15 is 0 Å². The van der Waals surface area contributed by atoms with Crippen molar-refractivity contribution < 1.29 is 4.74 Å². The smallest absolute Gasteiger partial charge is 0.174 e. The third kappa shape index (κ3) is 4.48. The topological polar surface area (TPSA) is 55.2 Å². The van der Waals surface area contributed by atoms with E-state index in [1.165, 1.54) is 18.4 Å². The van der Waals surface area contributed by atoms with Gasteiger partial charge in [-0.1, -0.05) is 12.1 Å². The second kappa shape index (κ2) is 9.98. The molecule has 1 saturated carbocycles. The number of nitrogens with zero attached hydrogens (tertiary/aromatic N) is 4. The lowest BCUT2D eigenvalue weighted by Gasteiger charge is -2.28. The lowest BCUT2D eigenvalue weighted by molar-refractivity contribution is 0.210. The van der Waals surface area contributed by atoms with Crippen LogP contribution >= 0.6 is 12.2 Å². The minimum atomic E-state index is -0.0965. The predicted octanol–water partition coefficient (Wildman–Crippen LogP) is 6.38. The molecule has 0 unspecified atom stereocenters. The Labute approximate surface area is 223 Å². The van der Waals surface area contributed by atoms with Gasteiger partial charge < -0.3 is 19.5 Å². The standard InChI is InChI=1S/C30H31N5OS/c1-20-19-25(21(2)34(20)27-12-6-8-18-32-27)29-28(26-11-5-7-17-31-26)33-30(37)35(29)22-13-15-24(16-14-22)36-23-9-3-4-10-23/h5-8,11-19,23,28-29H,3-4,9-10H2,1-2H3,(H,33,37)/t28-,29+/m0/s1. The van der Waals surface area contributed by atoms with Gasteiger partial charge in [-0.3, -0.25) is 4.98 Å². The maximum Gasteiger partial charge on any atom is 0.174 e. The number of hydrogen-bond donors (Lipinski definition) is 1. The summed E-state index contributed by atoms with van der Waals surface area (Å²) < 4.78 is 8.43. The highest BCUT2D eigenvalue weighted by Crippen LogP contribution is 2.44. The molecule has 0 bridgehead atoms. The van der Waals surface area contributed by atoms with Gasteiger partial charge in [0.25, 0.3) is 0 Å². The van der Waals surface area contributed by atoms with Crippen molar-refractivity contribution >= 4 is 23.0 Å². The first kappa shape index (κ1) is 23.7. The zero-order chi connectivity index (χ0) is 25.4. The number of thiocarbonyl (C=S) groups is 1. The first-order chi connectivity index (χ1) is 18.1. The van der Waals surface area contributed by atoms with Crippen LogP contribution in [-0.4, -0.2) is 25.8 Å². The molecule has 4 heterocycles. The molecule has 0 radical (unpaired) electrons. The molecule has 2 aliphatic rings. The molecule has 2 atom stereocenters. The molecule has 6 nitrogen and oxygen atoms in total. The van der Waals surface area contributed by atoms with Crippen LogP contribution in [0.25, 0.3) is 5.82 Å². The van der Waals surface area contributed by atoms with E-state index in [1.807, 2.05) is 42.7 Å². The van der Waals surface area contributed by atoms with E-state index in [-0.39, 0.29) is 12.1 Å². The van der Waals surface area contributed by atoms with Crippen molar-refractivity contribution in [3.8, 4) is 11.6 Å². The molecule has 7 heteroatoms. The Hall–Kier alpha value is -3.71. The summed E-state index contributed by atoms with van der Waals surface area (Å²) in [7, 11) is 0. The third-order valence-corrected chi connectivity index (χ3v) is 7.80. The van der Waals surface area contributed by atoms with Crippen LogP contribution in [0.5, 0.6) is 5.75 Å². The molecule has 1 N–H and O–H groups in total. The largest absolute Gasteiger partial charge is 0.490 e. The highest BCUT2D eigenvalue weighted by molar-refractivity contribution is 7.80. The van der Waals surface area contributed by atoms with Gasteiger partial charge in [0.1, 0.15) is 11.6 Å². The number of rotatable bonds is 6. The summed E-state index contributed by atoms with van der Waals surface area (Å²) in [5.41, 5.74) is 5.45. The lowest BCUT2D eigenvalue weighted by atomic mass is 9.96. The minimum absolute atomic E-state index is 0.0762. The second-order valence-corrected chi connectivity index (χ2v) is 10.3. The molecule has 37 heavy (non-hydrogen) atoms. The molecule has 188 valence electrons. The van der Waals surface area contributed by atoms with E-state index in [9.17, 15) is 0 Å². The van der Waals surface area contributed by atoms with Crippen molar-refractivity contribution in [1.82, 2.24) is 19.9 Å². The number of benzene rings is 1. The normalized spacial score (nSPS) is 19.8.